The van der Waals surface area contributed by atoms with Gasteiger partial charge in [0.25, 0.3) is 0 Å². The van der Waals surface area contributed by atoms with E-state index >= 15 is 0 Å². The van der Waals surface area contributed by atoms with Crippen LogP contribution in [0.5, 0.6) is 0 Å². The molecule has 3 aromatic carbocycles. The summed E-state index contributed by atoms with van der Waals surface area (Å²) >= 11 is 0. The highest BCUT2D eigenvalue weighted by molar-refractivity contribution is 6.09. The third-order valence-electron chi connectivity index (χ3n) is 4.71. The normalized spacial score (nSPS) is 11.6. The average Bonchev–Trinajstić information content (AvgIpc) is 2.74. The molecular weight excluding hydrogens is 334 g/mol. The molecular formula is C24H23NO2. The van der Waals surface area contributed by atoms with E-state index in [9.17, 15) is 9.59 Å². The van der Waals surface area contributed by atoms with Gasteiger partial charge in [-0.1, -0.05) is 67.6 Å². The summed E-state index contributed by atoms with van der Waals surface area (Å²) in [7, 11) is 0. The minimum Gasteiger partial charge on any atom is -0.326 e. The minimum absolute atomic E-state index is 0.0415. The Labute approximate surface area is 160 Å². The van der Waals surface area contributed by atoms with Gasteiger partial charge in [0.15, 0.2) is 5.78 Å². The average molecular weight is 357 g/mol. The third kappa shape index (κ3) is 4.50. The number of nitrogens with one attached hydrogen (secondary N) is 1. The zero-order valence-electron chi connectivity index (χ0n) is 15.6. The van der Waals surface area contributed by atoms with Crippen LogP contribution in [0.3, 0.4) is 0 Å². The fourth-order valence-corrected chi connectivity index (χ4v) is 2.93. The van der Waals surface area contributed by atoms with Crippen LogP contribution in [0.2, 0.25) is 0 Å². The van der Waals surface area contributed by atoms with Crippen LogP contribution in [-0.4, -0.2) is 11.7 Å². The zero-order chi connectivity index (χ0) is 19.2. The van der Waals surface area contributed by atoms with Crippen LogP contribution in [0.4, 0.5) is 5.69 Å². The van der Waals surface area contributed by atoms with Crippen molar-refractivity contribution in [2.24, 2.45) is 0 Å². The van der Waals surface area contributed by atoms with Gasteiger partial charge >= 0.3 is 0 Å². The molecule has 27 heavy (non-hydrogen) atoms. The van der Waals surface area contributed by atoms with Gasteiger partial charge in [-0.2, -0.15) is 0 Å². The van der Waals surface area contributed by atoms with Crippen molar-refractivity contribution in [1.82, 2.24) is 0 Å². The number of benzene rings is 3. The molecule has 0 saturated heterocycles. The predicted molar refractivity (Wildman–Crippen MR) is 109 cm³/mol. The van der Waals surface area contributed by atoms with Crippen LogP contribution >= 0.6 is 0 Å². The van der Waals surface area contributed by atoms with Gasteiger partial charge in [-0.3, -0.25) is 9.59 Å². The van der Waals surface area contributed by atoms with E-state index < -0.39 is 0 Å². The lowest BCUT2D eigenvalue weighted by Crippen LogP contribution is -2.19. The number of ketones is 1. The number of carbonyl (C=O) groups is 2. The van der Waals surface area contributed by atoms with E-state index in [0.717, 1.165) is 17.7 Å². The van der Waals surface area contributed by atoms with Crippen molar-refractivity contribution in [3.63, 3.8) is 0 Å². The molecule has 0 aromatic heterocycles. The van der Waals surface area contributed by atoms with E-state index in [1.54, 1.807) is 24.3 Å². The first-order valence-electron chi connectivity index (χ1n) is 9.18. The Morgan fingerprint density at radius 3 is 2.19 bits per heavy atom. The first kappa shape index (κ1) is 18.6. The van der Waals surface area contributed by atoms with Crippen LogP contribution in [0, 0.1) is 0 Å². The largest absolute Gasteiger partial charge is 0.326 e. The van der Waals surface area contributed by atoms with Crippen molar-refractivity contribution in [3.05, 3.63) is 101 Å². The molecule has 0 aliphatic heterocycles. The molecule has 0 unspecified atom stereocenters. The van der Waals surface area contributed by atoms with Gasteiger partial charge < -0.3 is 5.32 Å². The topological polar surface area (TPSA) is 46.2 Å². The van der Waals surface area contributed by atoms with E-state index in [4.69, 9.17) is 0 Å². The van der Waals surface area contributed by atoms with E-state index in [2.05, 4.69) is 12.2 Å². The second-order valence-corrected chi connectivity index (χ2v) is 6.58. The molecule has 0 heterocycles. The smallest absolute Gasteiger partial charge is 0.231 e. The Hall–Kier alpha value is -3.20. The van der Waals surface area contributed by atoms with Crippen LogP contribution < -0.4 is 5.32 Å². The molecule has 0 spiro atoms. The summed E-state index contributed by atoms with van der Waals surface area (Å²) in [6.45, 7) is 3.95. The molecule has 0 bridgehead atoms. The number of anilines is 1. The maximum atomic E-state index is 12.6. The molecule has 0 radical (unpaired) electrons. The fraction of sp³-hybridized carbons (Fsp3) is 0.167. The molecule has 136 valence electrons. The summed E-state index contributed by atoms with van der Waals surface area (Å²) in [5.41, 5.74) is 4.06. The quantitative estimate of drug-likeness (QED) is 0.615. The molecule has 3 heteroatoms. The lowest BCUT2D eigenvalue weighted by atomic mass is 9.95. The van der Waals surface area contributed by atoms with E-state index in [1.807, 2.05) is 61.5 Å². The summed E-state index contributed by atoms with van der Waals surface area (Å²) in [4.78, 5) is 25.3. The van der Waals surface area contributed by atoms with Gasteiger partial charge in [0.2, 0.25) is 5.91 Å². The summed E-state index contributed by atoms with van der Waals surface area (Å²) in [6, 6.07) is 24.3. The van der Waals surface area contributed by atoms with Crippen molar-refractivity contribution in [1.29, 1.82) is 0 Å². The first-order valence-corrected chi connectivity index (χ1v) is 9.18. The van der Waals surface area contributed by atoms with E-state index in [0.29, 0.717) is 11.1 Å². The Bertz CT molecular complexity index is 930. The molecule has 0 fully saturated rings. The Morgan fingerprint density at radius 2 is 1.52 bits per heavy atom. The number of rotatable bonds is 6. The Morgan fingerprint density at radius 1 is 0.852 bits per heavy atom. The van der Waals surface area contributed by atoms with Gasteiger partial charge in [-0.15, -0.1) is 0 Å². The number of amides is 1. The van der Waals surface area contributed by atoms with Gasteiger partial charge in [-0.05, 0) is 42.7 Å². The molecule has 3 rings (SSSR count). The molecule has 1 N–H and O–H groups in total. The monoisotopic (exact) mass is 357 g/mol. The number of hydrogen-bond donors (Lipinski definition) is 1. The zero-order valence-corrected chi connectivity index (χ0v) is 15.6. The van der Waals surface area contributed by atoms with E-state index in [1.165, 1.54) is 5.56 Å². The fourth-order valence-electron chi connectivity index (χ4n) is 2.93. The van der Waals surface area contributed by atoms with Crippen molar-refractivity contribution >= 4 is 17.4 Å². The van der Waals surface area contributed by atoms with Gasteiger partial charge in [0, 0.05) is 16.8 Å². The highest BCUT2D eigenvalue weighted by Gasteiger charge is 2.17. The summed E-state index contributed by atoms with van der Waals surface area (Å²) in [5, 5.41) is 2.95. The lowest BCUT2D eigenvalue weighted by Gasteiger charge is -2.14. The van der Waals surface area contributed by atoms with Crippen molar-refractivity contribution in [2.45, 2.75) is 26.2 Å². The number of hydrogen-bond acceptors (Lipinski definition) is 2. The Balaban J connectivity index is 1.75. The summed E-state index contributed by atoms with van der Waals surface area (Å²) in [5.74, 6) is -0.497. The molecule has 0 aliphatic carbocycles. The second kappa shape index (κ2) is 8.45. The summed E-state index contributed by atoms with van der Waals surface area (Å²) < 4.78 is 0. The highest BCUT2D eigenvalue weighted by atomic mass is 16.2. The predicted octanol–water partition coefficient (Wildman–Crippen LogP) is 5.22. The van der Waals surface area contributed by atoms with Crippen molar-refractivity contribution < 1.29 is 9.59 Å². The maximum Gasteiger partial charge on any atom is 0.231 e. The second-order valence-electron chi connectivity index (χ2n) is 6.58. The Kier molecular flexibility index (Phi) is 5.82. The molecule has 3 aromatic rings. The molecule has 1 amide bonds. The van der Waals surface area contributed by atoms with Crippen LogP contribution in [0.1, 0.15) is 46.8 Å². The van der Waals surface area contributed by atoms with Gasteiger partial charge in [0.1, 0.15) is 0 Å². The summed E-state index contributed by atoms with van der Waals surface area (Å²) in [6.07, 6.45) is 0.965. The van der Waals surface area contributed by atoms with Crippen LogP contribution in [0.25, 0.3) is 0 Å². The van der Waals surface area contributed by atoms with Gasteiger partial charge in [-0.25, -0.2) is 0 Å². The SMILES string of the molecule is CCc1ccc(NC(=O)[C@H](C)c2cccc(C(=O)c3ccccc3)c2)cc1. The number of aryl methyl sites for hydroxylation is 1. The minimum atomic E-state index is -0.362. The molecule has 0 saturated carbocycles. The van der Waals surface area contributed by atoms with E-state index in [-0.39, 0.29) is 17.6 Å². The molecule has 0 aliphatic rings. The first-order chi connectivity index (χ1) is 13.1. The third-order valence-corrected chi connectivity index (χ3v) is 4.71. The molecule has 1 atom stereocenters. The van der Waals surface area contributed by atoms with Gasteiger partial charge in [0.05, 0.1) is 5.92 Å². The highest BCUT2D eigenvalue weighted by Crippen LogP contribution is 2.21. The maximum absolute atomic E-state index is 12.6. The van der Waals surface area contributed by atoms with Crippen LogP contribution in [-0.2, 0) is 11.2 Å². The number of carbonyl (C=O) groups excluding carboxylic acids is 2. The lowest BCUT2D eigenvalue weighted by molar-refractivity contribution is -0.117. The van der Waals surface area contributed by atoms with Crippen LogP contribution in [0.15, 0.2) is 78.9 Å². The standard InChI is InChI=1S/C24H23NO2/c1-3-18-12-14-22(15-13-18)25-24(27)17(2)20-10-7-11-21(16-20)23(26)19-8-5-4-6-9-19/h4-17H,3H2,1-2H3,(H,25,27)/t17-/m1/s1. The molecule has 3 nitrogen and oxygen atoms in total. The van der Waals surface area contributed by atoms with Crippen molar-refractivity contribution in [2.75, 3.05) is 5.32 Å². The van der Waals surface area contributed by atoms with Crippen molar-refractivity contribution in [3.8, 4) is 0 Å².